The van der Waals surface area contributed by atoms with Crippen LogP contribution in [0.15, 0.2) is 67.3 Å². The lowest BCUT2D eigenvalue weighted by molar-refractivity contribution is 0.0948. The second-order valence-electron chi connectivity index (χ2n) is 9.30. The normalized spacial score (nSPS) is 10.7. The number of aryl methyl sites for hydroxylation is 1. The van der Waals surface area contributed by atoms with Crippen molar-refractivity contribution < 1.29 is 28.5 Å². The van der Waals surface area contributed by atoms with E-state index in [4.69, 9.17) is 28.7 Å². The number of aromatic nitrogens is 2. The van der Waals surface area contributed by atoms with Gasteiger partial charge in [0.1, 0.15) is 5.82 Å². The van der Waals surface area contributed by atoms with Gasteiger partial charge in [0.25, 0.3) is 5.91 Å². The molecular weight excluding hydrogens is 522 g/mol. The Kier molecular flexibility index (Phi) is 10.1. The Hall–Kier alpha value is -4.66. The Bertz CT molecular complexity index is 1470. The molecule has 0 atom stereocenters. The molecule has 1 N–H and O–H groups in total. The molecule has 0 saturated carbocycles. The van der Waals surface area contributed by atoms with E-state index in [-0.39, 0.29) is 12.5 Å². The molecule has 216 valence electrons. The number of benzene rings is 3. The number of para-hydroxylation sites is 2. The zero-order valence-corrected chi connectivity index (χ0v) is 24.1. The molecule has 1 aromatic heterocycles. The number of imidazole rings is 1. The summed E-state index contributed by atoms with van der Waals surface area (Å²) in [6.07, 6.45) is 4.34. The highest BCUT2D eigenvalue weighted by Crippen LogP contribution is 2.38. The van der Waals surface area contributed by atoms with Gasteiger partial charge in [0.15, 0.2) is 23.0 Å². The molecule has 4 rings (SSSR count). The SMILES string of the molecule is C=CCc1ccc(OCCCCn2c(CNC(=O)c3cc(OC)c(OC)c(OC)c3)nc3ccccc32)c(OC)c1. The van der Waals surface area contributed by atoms with E-state index < -0.39 is 0 Å². The van der Waals surface area contributed by atoms with Crippen LogP contribution in [0.1, 0.15) is 34.6 Å². The number of nitrogens with zero attached hydrogens (tertiary/aromatic N) is 2. The minimum absolute atomic E-state index is 0.259. The molecule has 3 aromatic carbocycles. The fourth-order valence-electron chi connectivity index (χ4n) is 4.66. The van der Waals surface area contributed by atoms with Crippen molar-refractivity contribution in [3.63, 3.8) is 0 Å². The third-order valence-corrected chi connectivity index (χ3v) is 6.71. The van der Waals surface area contributed by atoms with Crippen molar-refractivity contribution in [1.29, 1.82) is 0 Å². The van der Waals surface area contributed by atoms with Gasteiger partial charge in [-0.05, 0) is 61.2 Å². The maximum atomic E-state index is 13.1. The first-order valence-electron chi connectivity index (χ1n) is 13.5. The number of allylic oxidation sites excluding steroid dienone is 1. The Morgan fingerprint density at radius 2 is 1.63 bits per heavy atom. The van der Waals surface area contributed by atoms with Crippen LogP contribution in [0, 0.1) is 0 Å². The summed E-state index contributed by atoms with van der Waals surface area (Å²) in [6, 6.07) is 17.2. The van der Waals surface area contributed by atoms with Crippen LogP contribution in [0.2, 0.25) is 0 Å². The second kappa shape index (κ2) is 14.1. The molecule has 1 amide bonds. The Morgan fingerprint density at radius 1 is 0.902 bits per heavy atom. The van der Waals surface area contributed by atoms with Crippen molar-refractivity contribution in [1.82, 2.24) is 14.9 Å². The van der Waals surface area contributed by atoms with Crippen LogP contribution in [-0.4, -0.2) is 50.5 Å². The maximum absolute atomic E-state index is 13.1. The van der Waals surface area contributed by atoms with E-state index >= 15 is 0 Å². The van der Waals surface area contributed by atoms with Crippen molar-refractivity contribution in [2.24, 2.45) is 0 Å². The average Bonchev–Trinajstić information content (AvgIpc) is 3.36. The minimum atomic E-state index is -0.274. The van der Waals surface area contributed by atoms with Crippen LogP contribution in [-0.2, 0) is 19.5 Å². The van der Waals surface area contributed by atoms with Crippen molar-refractivity contribution >= 4 is 16.9 Å². The molecule has 41 heavy (non-hydrogen) atoms. The fourth-order valence-corrected chi connectivity index (χ4v) is 4.66. The van der Waals surface area contributed by atoms with Gasteiger partial charge in [0.2, 0.25) is 5.75 Å². The van der Waals surface area contributed by atoms with Crippen LogP contribution in [0.5, 0.6) is 28.7 Å². The predicted molar refractivity (Wildman–Crippen MR) is 159 cm³/mol. The number of unbranched alkanes of at least 4 members (excludes halogenated alkanes) is 1. The summed E-state index contributed by atoms with van der Waals surface area (Å²) in [7, 11) is 6.20. The number of carbonyl (C=O) groups is 1. The van der Waals surface area contributed by atoms with Crippen molar-refractivity contribution in [2.75, 3.05) is 35.0 Å². The fraction of sp³-hybridized carbons (Fsp3) is 0.312. The van der Waals surface area contributed by atoms with Gasteiger partial charge in [-0.1, -0.05) is 24.3 Å². The molecule has 0 bridgehead atoms. The van der Waals surface area contributed by atoms with Crippen molar-refractivity contribution in [3.8, 4) is 28.7 Å². The number of rotatable bonds is 15. The monoisotopic (exact) mass is 559 g/mol. The molecule has 0 aliphatic carbocycles. The van der Waals surface area contributed by atoms with E-state index in [1.165, 1.54) is 21.3 Å². The minimum Gasteiger partial charge on any atom is -0.493 e. The zero-order chi connectivity index (χ0) is 29.2. The average molecular weight is 560 g/mol. The lowest BCUT2D eigenvalue weighted by Gasteiger charge is -2.14. The van der Waals surface area contributed by atoms with E-state index in [9.17, 15) is 4.79 Å². The van der Waals surface area contributed by atoms with E-state index in [0.717, 1.165) is 59.7 Å². The van der Waals surface area contributed by atoms with Gasteiger partial charge in [0, 0.05) is 12.1 Å². The maximum Gasteiger partial charge on any atom is 0.251 e. The largest absolute Gasteiger partial charge is 0.493 e. The van der Waals surface area contributed by atoms with E-state index in [2.05, 4.69) is 16.5 Å². The second-order valence-corrected chi connectivity index (χ2v) is 9.30. The molecule has 0 aliphatic heterocycles. The summed E-state index contributed by atoms with van der Waals surface area (Å²) < 4.78 is 29.8. The highest BCUT2D eigenvalue weighted by molar-refractivity contribution is 5.95. The summed E-state index contributed by atoms with van der Waals surface area (Å²) in [5.74, 6) is 3.20. The lowest BCUT2D eigenvalue weighted by atomic mass is 10.1. The number of amides is 1. The molecule has 0 radical (unpaired) electrons. The number of nitrogens with one attached hydrogen (secondary N) is 1. The number of hydrogen-bond donors (Lipinski definition) is 1. The molecule has 9 heteroatoms. The molecule has 0 fully saturated rings. The van der Waals surface area contributed by atoms with Crippen LogP contribution in [0.25, 0.3) is 11.0 Å². The van der Waals surface area contributed by atoms with Gasteiger partial charge in [-0.25, -0.2) is 4.98 Å². The summed E-state index contributed by atoms with van der Waals surface area (Å²) in [6.45, 7) is 5.33. The standard InChI is InChI=1S/C32H37N3O6/c1-6-11-22-14-15-26(27(18-22)37-2)41-17-10-9-16-35-25-13-8-7-12-24(25)34-30(35)21-33-32(36)23-19-28(38-3)31(40-5)29(20-23)39-4/h6-8,12-15,18-20H,1,9-11,16-17,21H2,2-5H3,(H,33,36). The molecule has 0 spiro atoms. The first kappa shape index (κ1) is 29.3. The number of ether oxygens (including phenoxy) is 5. The highest BCUT2D eigenvalue weighted by Gasteiger charge is 2.18. The quantitative estimate of drug-likeness (QED) is 0.150. The first-order valence-corrected chi connectivity index (χ1v) is 13.5. The number of methoxy groups -OCH3 is 4. The predicted octanol–water partition coefficient (Wildman–Crippen LogP) is 5.59. The van der Waals surface area contributed by atoms with E-state index in [0.29, 0.717) is 29.4 Å². The number of carbonyl (C=O) groups excluding carboxylic acids is 1. The Balaban J connectivity index is 1.41. The smallest absolute Gasteiger partial charge is 0.251 e. The van der Waals surface area contributed by atoms with E-state index in [1.807, 2.05) is 48.5 Å². The van der Waals surface area contributed by atoms with Crippen LogP contribution >= 0.6 is 0 Å². The third-order valence-electron chi connectivity index (χ3n) is 6.71. The molecule has 0 unspecified atom stereocenters. The van der Waals surface area contributed by atoms with Crippen LogP contribution < -0.4 is 29.0 Å². The van der Waals surface area contributed by atoms with Gasteiger partial charge in [-0.2, -0.15) is 0 Å². The molecule has 0 saturated heterocycles. The van der Waals surface area contributed by atoms with Gasteiger partial charge >= 0.3 is 0 Å². The molecule has 9 nitrogen and oxygen atoms in total. The molecule has 0 aliphatic rings. The number of fused-ring (bicyclic) bond motifs is 1. The van der Waals surface area contributed by atoms with Crippen LogP contribution in [0.3, 0.4) is 0 Å². The molecule has 4 aromatic rings. The van der Waals surface area contributed by atoms with Gasteiger partial charge in [-0.3, -0.25) is 4.79 Å². The summed E-state index contributed by atoms with van der Waals surface area (Å²) in [5.41, 5.74) is 3.42. The first-order chi connectivity index (χ1) is 20.0. The lowest BCUT2D eigenvalue weighted by Crippen LogP contribution is -2.25. The summed E-state index contributed by atoms with van der Waals surface area (Å²) in [4.78, 5) is 17.9. The number of hydrogen-bond acceptors (Lipinski definition) is 7. The van der Waals surface area contributed by atoms with Gasteiger partial charge in [0.05, 0.1) is 52.6 Å². The Morgan fingerprint density at radius 3 is 2.32 bits per heavy atom. The highest BCUT2D eigenvalue weighted by atomic mass is 16.5. The summed E-state index contributed by atoms with van der Waals surface area (Å²) in [5, 5.41) is 2.99. The molecule has 1 heterocycles. The Labute approximate surface area is 240 Å². The third kappa shape index (κ3) is 6.92. The van der Waals surface area contributed by atoms with Crippen molar-refractivity contribution in [2.45, 2.75) is 32.4 Å². The molecular formula is C32H37N3O6. The van der Waals surface area contributed by atoms with Crippen LogP contribution in [0.4, 0.5) is 0 Å². The summed E-state index contributed by atoms with van der Waals surface area (Å²) >= 11 is 0. The van der Waals surface area contributed by atoms with Gasteiger partial charge in [-0.15, -0.1) is 6.58 Å². The van der Waals surface area contributed by atoms with Gasteiger partial charge < -0.3 is 33.6 Å². The zero-order valence-electron chi connectivity index (χ0n) is 24.1. The van der Waals surface area contributed by atoms with Crippen molar-refractivity contribution in [3.05, 3.63) is 84.2 Å². The topological polar surface area (TPSA) is 93.1 Å². The van der Waals surface area contributed by atoms with E-state index in [1.54, 1.807) is 19.2 Å².